The molecule has 3 aliphatic heterocycles. The van der Waals surface area contributed by atoms with Crippen molar-refractivity contribution in [2.24, 2.45) is 5.92 Å². The number of benzene rings is 1. The molecule has 0 aromatic heterocycles. The van der Waals surface area contributed by atoms with Gasteiger partial charge in [0.05, 0.1) is 12.0 Å². The van der Waals surface area contributed by atoms with Gasteiger partial charge in [-0.05, 0) is 37.4 Å². The molecule has 3 unspecified atom stereocenters. The van der Waals surface area contributed by atoms with Gasteiger partial charge in [0, 0.05) is 18.3 Å². The van der Waals surface area contributed by atoms with E-state index in [0.717, 1.165) is 38.0 Å². The molecule has 0 aliphatic carbocycles. The molecule has 2 fully saturated rings. The Morgan fingerprint density at radius 3 is 3.05 bits per heavy atom. The third-order valence-corrected chi connectivity index (χ3v) is 5.12. The van der Waals surface area contributed by atoms with Gasteiger partial charge in [0.2, 0.25) is 5.91 Å². The highest BCUT2D eigenvalue weighted by molar-refractivity contribution is 6.01. The van der Waals surface area contributed by atoms with Crippen LogP contribution in [0.15, 0.2) is 36.9 Å². The number of anilines is 1. The van der Waals surface area contributed by atoms with Gasteiger partial charge < -0.3 is 4.90 Å². The summed E-state index contributed by atoms with van der Waals surface area (Å²) < 4.78 is 0. The first kappa shape index (κ1) is 12.2. The van der Waals surface area contributed by atoms with E-state index in [1.165, 1.54) is 5.56 Å². The van der Waals surface area contributed by atoms with Crippen molar-refractivity contribution >= 4 is 11.6 Å². The predicted molar refractivity (Wildman–Crippen MR) is 79.7 cm³/mol. The highest BCUT2D eigenvalue weighted by Crippen LogP contribution is 2.45. The average molecular weight is 268 g/mol. The van der Waals surface area contributed by atoms with Crippen molar-refractivity contribution in [1.82, 2.24) is 4.90 Å². The van der Waals surface area contributed by atoms with Gasteiger partial charge in [-0.3, -0.25) is 9.69 Å². The lowest BCUT2D eigenvalue weighted by Crippen LogP contribution is -2.49. The molecule has 0 N–H and O–H groups in total. The van der Waals surface area contributed by atoms with Crippen molar-refractivity contribution in [3.63, 3.8) is 0 Å². The Hall–Kier alpha value is -1.61. The lowest BCUT2D eigenvalue weighted by Gasteiger charge is -2.37. The molecule has 3 heterocycles. The Balaban J connectivity index is 1.74. The molecule has 20 heavy (non-hydrogen) atoms. The molecule has 4 rings (SSSR count). The highest BCUT2D eigenvalue weighted by atomic mass is 16.2. The van der Waals surface area contributed by atoms with Gasteiger partial charge in [0.1, 0.15) is 0 Å². The summed E-state index contributed by atoms with van der Waals surface area (Å²) in [6, 6.07) is 9.09. The normalized spacial score (nSPS) is 31.9. The molecule has 0 spiro atoms. The van der Waals surface area contributed by atoms with Gasteiger partial charge in [-0.15, -0.1) is 6.58 Å². The van der Waals surface area contributed by atoms with Gasteiger partial charge in [-0.2, -0.15) is 0 Å². The molecule has 3 atom stereocenters. The number of likely N-dealkylation sites (tertiary alicyclic amines) is 1. The summed E-state index contributed by atoms with van der Waals surface area (Å²) in [6.07, 6.45) is 5.16. The van der Waals surface area contributed by atoms with Crippen molar-refractivity contribution in [1.29, 1.82) is 0 Å². The second kappa shape index (κ2) is 4.45. The van der Waals surface area contributed by atoms with E-state index in [2.05, 4.69) is 34.6 Å². The first-order valence-electron chi connectivity index (χ1n) is 7.57. The van der Waals surface area contributed by atoms with Crippen LogP contribution in [0.2, 0.25) is 0 Å². The van der Waals surface area contributed by atoms with Crippen LogP contribution in [0.5, 0.6) is 0 Å². The monoisotopic (exact) mass is 268 g/mol. The number of amides is 1. The van der Waals surface area contributed by atoms with E-state index in [9.17, 15) is 4.79 Å². The number of fused-ring (bicyclic) bond motifs is 5. The molecule has 104 valence electrons. The summed E-state index contributed by atoms with van der Waals surface area (Å²) in [5.74, 6) is 0.542. The van der Waals surface area contributed by atoms with Crippen LogP contribution in [-0.4, -0.2) is 36.0 Å². The molecule has 2 saturated heterocycles. The fourth-order valence-corrected chi connectivity index (χ4v) is 4.40. The second-order valence-electron chi connectivity index (χ2n) is 6.13. The standard InChI is InChI=1S/C17H20N2O/c1-2-9-18-10-5-7-13-16(18)15-11-12-6-3-4-8-14(12)19(15)17(13)20/h2-4,6,8,13,15-16H,1,5,7,9-11H2. The number of hydrogen-bond donors (Lipinski definition) is 0. The van der Waals surface area contributed by atoms with E-state index >= 15 is 0 Å². The van der Waals surface area contributed by atoms with Crippen LogP contribution in [0.25, 0.3) is 0 Å². The summed E-state index contributed by atoms with van der Waals surface area (Å²) in [4.78, 5) is 17.4. The van der Waals surface area contributed by atoms with Gasteiger partial charge in [-0.25, -0.2) is 0 Å². The number of piperidine rings is 1. The van der Waals surface area contributed by atoms with E-state index in [4.69, 9.17) is 0 Å². The maximum atomic E-state index is 12.8. The zero-order valence-electron chi connectivity index (χ0n) is 11.7. The molecule has 1 aromatic carbocycles. The fraction of sp³-hybridized carbons (Fsp3) is 0.471. The van der Waals surface area contributed by atoms with Crippen molar-refractivity contribution in [2.45, 2.75) is 31.3 Å². The zero-order valence-corrected chi connectivity index (χ0v) is 11.7. The SMILES string of the molecule is C=CCN1CCCC2C(=O)N3c4ccccc4CC3C21. The Labute approximate surface area is 119 Å². The number of nitrogens with zero attached hydrogens (tertiary/aromatic N) is 2. The molecular weight excluding hydrogens is 248 g/mol. The lowest BCUT2D eigenvalue weighted by molar-refractivity contribution is -0.122. The average Bonchev–Trinajstić information content (AvgIpc) is 2.97. The largest absolute Gasteiger partial charge is 0.307 e. The summed E-state index contributed by atoms with van der Waals surface area (Å²) >= 11 is 0. The van der Waals surface area contributed by atoms with E-state index in [-0.39, 0.29) is 5.92 Å². The predicted octanol–water partition coefficient (Wildman–Crippen LogP) is 2.22. The second-order valence-corrected chi connectivity index (χ2v) is 6.13. The maximum absolute atomic E-state index is 12.8. The van der Waals surface area contributed by atoms with E-state index in [0.29, 0.717) is 18.0 Å². The summed E-state index contributed by atoms with van der Waals surface area (Å²) in [5.41, 5.74) is 2.48. The zero-order chi connectivity index (χ0) is 13.7. The maximum Gasteiger partial charge on any atom is 0.232 e. The minimum absolute atomic E-state index is 0.196. The third kappa shape index (κ3) is 1.53. The van der Waals surface area contributed by atoms with Crippen molar-refractivity contribution in [3.8, 4) is 0 Å². The Bertz CT molecular complexity index is 568. The van der Waals surface area contributed by atoms with Crippen molar-refractivity contribution < 1.29 is 4.79 Å². The molecule has 0 saturated carbocycles. The minimum Gasteiger partial charge on any atom is -0.307 e. The van der Waals surface area contributed by atoms with E-state index in [1.807, 2.05) is 12.1 Å². The molecule has 3 aliphatic rings. The summed E-state index contributed by atoms with van der Waals surface area (Å²) in [5, 5.41) is 0. The van der Waals surface area contributed by atoms with Gasteiger partial charge >= 0.3 is 0 Å². The number of carbonyl (C=O) groups is 1. The highest BCUT2D eigenvalue weighted by Gasteiger charge is 2.54. The number of carbonyl (C=O) groups excluding carboxylic acids is 1. The van der Waals surface area contributed by atoms with Gasteiger partial charge in [0.15, 0.2) is 0 Å². The van der Waals surface area contributed by atoms with E-state index in [1.54, 1.807) is 0 Å². The van der Waals surface area contributed by atoms with Crippen LogP contribution in [-0.2, 0) is 11.2 Å². The Morgan fingerprint density at radius 1 is 1.35 bits per heavy atom. The first-order valence-corrected chi connectivity index (χ1v) is 7.57. The minimum atomic E-state index is 0.196. The Kier molecular flexibility index (Phi) is 2.71. The lowest BCUT2D eigenvalue weighted by atomic mass is 9.86. The molecule has 1 aromatic rings. The molecule has 3 nitrogen and oxygen atoms in total. The van der Waals surface area contributed by atoms with Gasteiger partial charge in [0.25, 0.3) is 0 Å². The van der Waals surface area contributed by atoms with Crippen LogP contribution < -0.4 is 4.90 Å². The molecule has 0 bridgehead atoms. The molecule has 3 heteroatoms. The smallest absolute Gasteiger partial charge is 0.232 e. The van der Waals surface area contributed by atoms with Crippen molar-refractivity contribution in [3.05, 3.63) is 42.5 Å². The number of hydrogen-bond acceptors (Lipinski definition) is 2. The van der Waals surface area contributed by atoms with Crippen LogP contribution in [0.4, 0.5) is 5.69 Å². The molecular formula is C17H20N2O. The van der Waals surface area contributed by atoms with E-state index < -0.39 is 0 Å². The van der Waals surface area contributed by atoms with Gasteiger partial charge in [-0.1, -0.05) is 24.3 Å². The van der Waals surface area contributed by atoms with Crippen molar-refractivity contribution in [2.75, 3.05) is 18.0 Å². The summed E-state index contributed by atoms with van der Waals surface area (Å²) in [6.45, 7) is 5.87. The third-order valence-electron chi connectivity index (χ3n) is 5.12. The topological polar surface area (TPSA) is 23.6 Å². The molecule has 1 amide bonds. The fourth-order valence-electron chi connectivity index (χ4n) is 4.40. The number of rotatable bonds is 2. The quantitative estimate of drug-likeness (QED) is 0.768. The molecule has 0 radical (unpaired) electrons. The first-order chi connectivity index (χ1) is 9.81. The number of para-hydroxylation sites is 1. The summed E-state index contributed by atoms with van der Waals surface area (Å²) in [7, 11) is 0. The van der Waals surface area contributed by atoms with Crippen LogP contribution in [0, 0.1) is 5.92 Å². The van der Waals surface area contributed by atoms with Crippen LogP contribution >= 0.6 is 0 Å². The van der Waals surface area contributed by atoms with Crippen LogP contribution in [0.1, 0.15) is 18.4 Å². The van der Waals surface area contributed by atoms with Crippen LogP contribution in [0.3, 0.4) is 0 Å². The Morgan fingerprint density at radius 2 is 2.20 bits per heavy atom.